The van der Waals surface area contributed by atoms with E-state index in [4.69, 9.17) is 19.5 Å². The van der Waals surface area contributed by atoms with E-state index in [1.807, 2.05) is 18.2 Å². The molecule has 2 aromatic rings. The van der Waals surface area contributed by atoms with Gasteiger partial charge in [0.15, 0.2) is 0 Å². The molecule has 9 heteroatoms. The summed E-state index contributed by atoms with van der Waals surface area (Å²) in [5.41, 5.74) is 7.31. The van der Waals surface area contributed by atoms with Gasteiger partial charge in [0.25, 0.3) is 5.91 Å². The maximum atomic E-state index is 12.7. The van der Waals surface area contributed by atoms with Crippen LogP contribution in [-0.4, -0.2) is 38.2 Å². The fraction of sp³-hybridized carbons (Fsp3) is 0.364. The number of para-hydroxylation sites is 1. The van der Waals surface area contributed by atoms with Crippen LogP contribution in [0.3, 0.4) is 0 Å². The number of nitrogens with two attached hydrogens (primary N) is 1. The zero-order valence-electron chi connectivity index (χ0n) is 18.0. The molecule has 0 unspecified atom stereocenters. The van der Waals surface area contributed by atoms with Gasteiger partial charge in [-0.2, -0.15) is 0 Å². The second-order valence-electron chi connectivity index (χ2n) is 6.75. The van der Waals surface area contributed by atoms with Crippen molar-refractivity contribution < 1.29 is 27.9 Å². The maximum absolute atomic E-state index is 12.7. The van der Waals surface area contributed by atoms with Crippen molar-refractivity contribution in [1.82, 2.24) is 5.32 Å². The molecule has 0 aliphatic heterocycles. The maximum Gasteiger partial charge on any atom is 0.335 e. The summed E-state index contributed by atoms with van der Waals surface area (Å²) in [6, 6.07) is 12.9. The van der Waals surface area contributed by atoms with Crippen LogP contribution < -0.4 is 15.8 Å². The van der Waals surface area contributed by atoms with Crippen molar-refractivity contribution in [3.8, 4) is 5.75 Å². The van der Waals surface area contributed by atoms with Gasteiger partial charge in [0.1, 0.15) is 11.8 Å². The third-order valence-corrected chi connectivity index (χ3v) is 6.56. The van der Waals surface area contributed by atoms with Gasteiger partial charge in [-0.3, -0.25) is 14.2 Å². The summed E-state index contributed by atoms with van der Waals surface area (Å²) in [4.78, 5) is 24.6. The van der Waals surface area contributed by atoms with Crippen molar-refractivity contribution >= 4 is 19.4 Å². The van der Waals surface area contributed by atoms with Crippen LogP contribution in [0, 0.1) is 0 Å². The molecule has 0 aliphatic rings. The second kappa shape index (κ2) is 11.6. The smallest absolute Gasteiger partial charge is 0.335 e. The molecule has 0 aromatic heterocycles. The van der Waals surface area contributed by atoms with E-state index in [-0.39, 0.29) is 25.8 Å². The molecule has 8 nitrogen and oxygen atoms in total. The first-order valence-electron chi connectivity index (χ1n) is 10.0. The highest BCUT2D eigenvalue weighted by Crippen LogP contribution is 2.51. The number of hydrogen-bond acceptors (Lipinski definition) is 6. The fourth-order valence-corrected chi connectivity index (χ4v) is 4.76. The summed E-state index contributed by atoms with van der Waals surface area (Å²) in [5.74, 6) is -0.478. The van der Waals surface area contributed by atoms with Crippen LogP contribution in [-0.2, 0) is 31.0 Å². The van der Waals surface area contributed by atoms with Gasteiger partial charge < -0.3 is 24.8 Å². The molecular formula is C22H29N2O6P. The van der Waals surface area contributed by atoms with Crippen molar-refractivity contribution in [1.29, 1.82) is 0 Å². The molecule has 168 valence electrons. The van der Waals surface area contributed by atoms with Crippen molar-refractivity contribution in [3.05, 3.63) is 65.2 Å². The topological polar surface area (TPSA) is 117 Å². The Kier molecular flexibility index (Phi) is 9.24. The highest BCUT2D eigenvalue weighted by Gasteiger charge is 2.25. The molecule has 0 fully saturated rings. The third kappa shape index (κ3) is 7.21. The second-order valence-corrected chi connectivity index (χ2v) is 8.80. The summed E-state index contributed by atoms with van der Waals surface area (Å²) < 4.78 is 28.6. The zero-order chi connectivity index (χ0) is 22.9. The van der Waals surface area contributed by atoms with Gasteiger partial charge in [-0.05, 0) is 43.2 Å². The zero-order valence-corrected chi connectivity index (χ0v) is 18.9. The summed E-state index contributed by atoms with van der Waals surface area (Å²) in [5, 5.41) is 2.67. The van der Waals surface area contributed by atoms with Gasteiger partial charge in [-0.15, -0.1) is 0 Å². The van der Waals surface area contributed by atoms with E-state index >= 15 is 0 Å². The standard InChI is InChI=1S/C22H29N2O6P/c1-4-29-31(27,30-5-2)15-16-10-12-17(13-11-16)22(26)24-19(21(23)25)14-18-8-6-7-9-20(18)28-3/h6-13,19H,4-5,14-15H2,1-3H3,(H2,23,25)(H,24,26)/t19-/m1/s1. The SMILES string of the molecule is CCOP(=O)(Cc1ccc(C(=O)N[C@H](Cc2ccccc2OC)C(N)=O)cc1)OCC. The van der Waals surface area contributed by atoms with Crippen LogP contribution in [0.25, 0.3) is 0 Å². The van der Waals surface area contributed by atoms with Gasteiger partial charge in [0, 0.05) is 12.0 Å². The first-order chi connectivity index (χ1) is 14.8. The number of methoxy groups -OCH3 is 1. The minimum Gasteiger partial charge on any atom is -0.496 e. The van der Waals surface area contributed by atoms with E-state index < -0.39 is 25.5 Å². The quantitative estimate of drug-likeness (QED) is 0.481. The van der Waals surface area contributed by atoms with Crippen molar-refractivity contribution in [3.63, 3.8) is 0 Å². The lowest BCUT2D eigenvalue weighted by molar-refractivity contribution is -0.119. The normalized spacial score (nSPS) is 12.2. The van der Waals surface area contributed by atoms with Gasteiger partial charge in [0.2, 0.25) is 5.91 Å². The number of amides is 2. The first kappa shape index (κ1) is 24.6. The van der Waals surface area contributed by atoms with Crippen molar-refractivity contribution in [2.75, 3.05) is 20.3 Å². The Morgan fingerprint density at radius 3 is 2.19 bits per heavy atom. The van der Waals surface area contributed by atoms with Crippen LogP contribution in [0.2, 0.25) is 0 Å². The average Bonchev–Trinajstić information content (AvgIpc) is 2.74. The lowest BCUT2D eigenvalue weighted by atomic mass is 10.0. The molecule has 2 rings (SSSR count). The Labute approximate surface area is 182 Å². The number of benzene rings is 2. The molecule has 0 heterocycles. The lowest BCUT2D eigenvalue weighted by Crippen LogP contribution is -2.45. The van der Waals surface area contributed by atoms with Gasteiger partial charge in [-0.1, -0.05) is 30.3 Å². The molecule has 0 saturated carbocycles. The summed E-state index contributed by atoms with van der Waals surface area (Å²) in [6.07, 6.45) is 0.309. The Morgan fingerprint density at radius 2 is 1.65 bits per heavy atom. The van der Waals surface area contributed by atoms with Gasteiger partial charge >= 0.3 is 7.60 Å². The van der Waals surface area contributed by atoms with E-state index in [1.54, 1.807) is 44.2 Å². The molecule has 2 amide bonds. The summed E-state index contributed by atoms with van der Waals surface area (Å²) >= 11 is 0. The van der Waals surface area contributed by atoms with E-state index in [2.05, 4.69) is 5.32 Å². The Morgan fingerprint density at radius 1 is 1.03 bits per heavy atom. The molecule has 1 atom stereocenters. The van der Waals surface area contributed by atoms with Crippen molar-refractivity contribution in [2.24, 2.45) is 5.73 Å². The number of carbonyl (C=O) groups is 2. The first-order valence-corrected chi connectivity index (χ1v) is 11.7. The van der Waals surface area contributed by atoms with Crippen molar-refractivity contribution in [2.45, 2.75) is 32.5 Å². The van der Waals surface area contributed by atoms with Gasteiger partial charge in [0.05, 0.1) is 26.5 Å². The monoisotopic (exact) mass is 448 g/mol. The molecule has 0 aliphatic carbocycles. The molecule has 3 N–H and O–H groups in total. The Balaban J connectivity index is 2.09. The number of rotatable bonds is 12. The Bertz CT molecular complexity index is 922. The fourth-order valence-electron chi connectivity index (χ4n) is 3.06. The van der Waals surface area contributed by atoms with E-state index in [9.17, 15) is 14.2 Å². The summed E-state index contributed by atoms with van der Waals surface area (Å²) in [7, 11) is -1.70. The van der Waals surface area contributed by atoms with Crippen LogP contribution in [0.5, 0.6) is 5.75 Å². The lowest BCUT2D eigenvalue weighted by Gasteiger charge is -2.18. The van der Waals surface area contributed by atoms with E-state index in [0.717, 1.165) is 5.56 Å². The molecule has 0 bridgehead atoms. The predicted molar refractivity (Wildman–Crippen MR) is 118 cm³/mol. The van der Waals surface area contributed by atoms with E-state index in [0.29, 0.717) is 16.9 Å². The highest BCUT2D eigenvalue weighted by atomic mass is 31.2. The number of carbonyl (C=O) groups excluding carboxylic acids is 2. The number of primary amides is 1. The third-order valence-electron chi connectivity index (χ3n) is 4.51. The summed E-state index contributed by atoms with van der Waals surface area (Å²) in [6.45, 7) is 4.05. The van der Waals surface area contributed by atoms with Gasteiger partial charge in [-0.25, -0.2) is 0 Å². The predicted octanol–water partition coefficient (Wildman–Crippen LogP) is 3.29. The minimum absolute atomic E-state index is 0.105. The number of ether oxygens (including phenoxy) is 1. The molecular weight excluding hydrogens is 419 g/mol. The average molecular weight is 448 g/mol. The Hall–Kier alpha value is -2.67. The van der Waals surface area contributed by atoms with Crippen LogP contribution in [0.1, 0.15) is 35.3 Å². The van der Waals surface area contributed by atoms with Crippen LogP contribution >= 0.6 is 7.60 Å². The van der Waals surface area contributed by atoms with Crippen LogP contribution in [0.15, 0.2) is 48.5 Å². The highest BCUT2D eigenvalue weighted by molar-refractivity contribution is 7.53. The molecule has 0 spiro atoms. The van der Waals surface area contributed by atoms with Crippen LogP contribution in [0.4, 0.5) is 0 Å². The molecule has 31 heavy (non-hydrogen) atoms. The minimum atomic E-state index is -3.24. The number of hydrogen-bond donors (Lipinski definition) is 2. The number of nitrogens with one attached hydrogen (secondary N) is 1. The largest absolute Gasteiger partial charge is 0.496 e. The van der Waals surface area contributed by atoms with E-state index in [1.165, 1.54) is 7.11 Å². The molecule has 0 radical (unpaired) electrons. The molecule has 0 saturated heterocycles. The molecule has 2 aromatic carbocycles.